The van der Waals surface area contributed by atoms with E-state index in [1.165, 1.54) is 0 Å². The SMILES string of the molecule is Cn1ccnc1C(NN)C1CCS(=O)(=O)C1. The number of nitrogens with two attached hydrogens (primary N) is 1. The zero-order valence-electron chi connectivity index (χ0n) is 9.13. The van der Waals surface area contributed by atoms with E-state index >= 15 is 0 Å². The Bertz CT molecular complexity index is 468. The summed E-state index contributed by atoms with van der Waals surface area (Å²) >= 11 is 0. The fraction of sp³-hybridized carbons (Fsp3) is 0.667. The van der Waals surface area contributed by atoms with Crippen LogP contribution in [0.2, 0.25) is 0 Å². The molecule has 1 aliphatic rings. The van der Waals surface area contributed by atoms with Gasteiger partial charge in [-0.25, -0.2) is 18.8 Å². The molecule has 16 heavy (non-hydrogen) atoms. The normalized spacial score (nSPS) is 25.8. The van der Waals surface area contributed by atoms with Crippen molar-refractivity contribution in [1.82, 2.24) is 15.0 Å². The predicted octanol–water partition coefficient (Wildman–Crippen LogP) is -0.641. The smallest absolute Gasteiger partial charge is 0.150 e. The maximum absolute atomic E-state index is 11.4. The van der Waals surface area contributed by atoms with E-state index in [4.69, 9.17) is 5.84 Å². The molecule has 6 nitrogen and oxygen atoms in total. The molecule has 0 aromatic carbocycles. The van der Waals surface area contributed by atoms with Crippen LogP contribution < -0.4 is 11.3 Å². The second-order valence-electron chi connectivity index (χ2n) is 4.20. The summed E-state index contributed by atoms with van der Waals surface area (Å²) in [6, 6.07) is -0.197. The number of aryl methyl sites for hydroxylation is 1. The van der Waals surface area contributed by atoms with Gasteiger partial charge in [-0.3, -0.25) is 5.84 Å². The average Bonchev–Trinajstić information content (AvgIpc) is 2.76. The summed E-state index contributed by atoms with van der Waals surface area (Å²) in [4.78, 5) is 4.20. The third kappa shape index (κ3) is 2.11. The van der Waals surface area contributed by atoms with Crippen molar-refractivity contribution in [1.29, 1.82) is 0 Å². The standard InChI is InChI=1S/C9H16N4O2S/c1-13-4-3-11-9(13)8(12-10)7-2-5-16(14,15)6-7/h3-4,7-8,12H,2,5-6,10H2,1H3. The summed E-state index contributed by atoms with van der Waals surface area (Å²) in [6.45, 7) is 0. The maximum atomic E-state index is 11.4. The van der Waals surface area contributed by atoms with Crippen LogP contribution in [0.25, 0.3) is 0 Å². The molecule has 0 bridgehead atoms. The number of hydrogen-bond acceptors (Lipinski definition) is 5. The molecule has 1 fully saturated rings. The first-order valence-corrected chi connectivity index (χ1v) is 6.99. The number of hydrogen-bond donors (Lipinski definition) is 2. The third-order valence-corrected chi connectivity index (χ3v) is 4.85. The predicted molar refractivity (Wildman–Crippen MR) is 60.0 cm³/mol. The molecule has 0 radical (unpaired) electrons. The van der Waals surface area contributed by atoms with Gasteiger partial charge in [0, 0.05) is 19.4 Å². The maximum Gasteiger partial charge on any atom is 0.150 e. The highest BCUT2D eigenvalue weighted by atomic mass is 32.2. The molecule has 90 valence electrons. The summed E-state index contributed by atoms with van der Waals surface area (Å²) < 4.78 is 24.7. The van der Waals surface area contributed by atoms with Gasteiger partial charge in [-0.05, 0) is 12.3 Å². The monoisotopic (exact) mass is 244 g/mol. The molecular weight excluding hydrogens is 228 g/mol. The number of aromatic nitrogens is 2. The Morgan fingerprint density at radius 2 is 2.44 bits per heavy atom. The summed E-state index contributed by atoms with van der Waals surface area (Å²) in [5.41, 5.74) is 2.68. The van der Waals surface area contributed by atoms with E-state index in [0.29, 0.717) is 6.42 Å². The zero-order chi connectivity index (χ0) is 11.8. The second-order valence-corrected chi connectivity index (χ2v) is 6.43. The van der Waals surface area contributed by atoms with Crippen molar-refractivity contribution < 1.29 is 8.42 Å². The van der Waals surface area contributed by atoms with Crippen LogP contribution >= 0.6 is 0 Å². The molecule has 3 N–H and O–H groups in total. The Balaban J connectivity index is 2.22. The summed E-state index contributed by atoms with van der Waals surface area (Å²) in [6.07, 6.45) is 4.15. The number of imidazole rings is 1. The van der Waals surface area contributed by atoms with Crippen LogP contribution in [0.3, 0.4) is 0 Å². The molecular formula is C9H16N4O2S. The molecule has 1 saturated heterocycles. The van der Waals surface area contributed by atoms with E-state index < -0.39 is 9.84 Å². The topological polar surface area (TPSA) is 90.0 Å². The van der Waals surface area contributed by atoms with Crippen molar-refractivity contribution in [2.75, 3.05) is 11.5 Å². The number of nitrogens with one attached hydrogen (secondary N) is 1. The minimum atomic E-state index is -2.89. The molecule has 0 amide bonds. The number of rotatable bonds is 3. The molecule has 7 heteroatoms. The highest BCUT2D eigenvalue weighted by molar-refractivity contribution is 7.91. The van der Waals surface area contributed by atoms with Crippen molar-refractivity contribution in [3.05, 3.63) is 18.2 Å². The molecule has 0 spiro atoms. The lowest BCUT2D eigenvalue weighted by Crippen LogP contribution is -2.35. The van der Waals surface area contributed by atoms with Crippen LogP contribution in [0.5, 0.6) is 0 Å². The van der Waals surface area contributed by atoms with Crippen molar-refractivity contribution in [3.8, 4) is 0 Å². The van der Waals surface area contributed by atoms with E-state index in [0.717, 1.165) is 5.82 Å². The second kappa shape index (κ2) is 4.15. The summed E-state index contributed by atoms with van der Waals surface area (Å²) in [5, 5.41) is 0. The average molecular weight is 244 g/mol. The lowest BCUT2D eigenvalue weighted by Gasteiger charge is -2.21. The van der Waals surface area contributed by atoms with E-state index in [1.54, 1.807) is 6.20 Å². The van der Waals surface area contributed by atoms with Crippen LogP contribution in [0.4, 0.5) is 0 Å². The van der Waals surface area contributed by atoms with Gasteiger partial charge in [0.2, 0.25) is 0 Å². The van der Waals surface area contributed by atoms with Gasteiger partial charge < -0.3 is 4.57 Å². The largest absolute Gasteiger partial charge is 0.337 e. The fourth-order valence-corrected chi connectivity index (χ4v) is 4.02. The van der Waals surface area contributed by atoms with Crippen LogP contribution in [0.1, 0.15) is 18.3 Å². The van der Waals surface area contributed by atoms with Gasteiger partial charge in [0.05, 0.1) is 17.5 Å². The van der Waals surface area contributed by atoms with Crippen molar-refractivity contribution in [2.24, 2.45) is 18.8 Å². The molecule has 1 aliphatic heterocycles. The number of nitrogens with zero attached hydrogens (tertiary/aromatic N) is 2. The third-order valence-electron chi connectivity index (χ3n) is 3.06. The quantitative estimate of drug-likeness (QED) is 0.545. The molecule has 0 aliphatic carbocycles. The van der Waals surface area contributed by atoms with Crippen molar-refractivity contribution >= 4 is 9.84 Å². The molecule has 1 aromatic heterocycles. The summed E-state index contributed by atoms with van der Waals surface area (Å²) in [7, 11) is -1.02. The van der Waals surface area contributed by atoms with Gasteiger partial charge in [0.25, 0.3) is 0 Å². The Morgan fingerprint density at radius 1 is 1.69 bits per heavy atom. The van der Waals surface area contributed by atoms with E-state index in [-0.39, 0.29) is 23.5 Å². The molecule has 1 aromatic rings. The number of hydrazine groups is 1. The lowest BCUT2D eigenvalue weighted by atomic mass is 9.99. The molecule has 0 saturated carbocycles. The molecule has 2 rings (SSSR count). The lowest BCUT2D eigenvalue weighted by molar-refractivity contribution is 0.375. The van der Waals surface area contributed by atoms with Gasteiger partial charge >= 0.3 is 0 Å². The van der Waals surface area contributed by atoms with Crippen LogP contribution in [0, 0.1) is 5.92 Å². The van der Waals surface area contributed by atoms with Crippen molar-refractivity contribution in [3.63, 3.8) is 0 Å². The Hall–Kier alpha value is -0.920. The summed E-state index contributed by atoms with van der Waals surface area (Å²) in [5.74, 6) is 6.73. The highest BCUT2D eigenvalue weighted by Gasteiger charge is 2.35. The van der Waals surface area contributed by atoms with Gasteiger partial charge in [-0.2, -0.15) is 0 Å². The van der Waals surface area contributed by atoms with Gasteiger partial charge in [-0.15, -0.1) is 0 Å². The Morgan fingerprint density at radius 3 is 2.88 bits per heavy atom. The zero-order valence-corrected chi connectivity index (χ0v) is 9.94. The van der Waals surface area contributed by atoms with E-state index in [1.807, 2.05) is 17.8 Å². The van der Waals surface area contributed by atoms with Crippen LogP contribution in [-0.4, -0.2) is 29.5 Å². The van der Waals surface area contributed by atoms with Crippen molar-refractivity contribution in [2.45, 2.75) is 12.5 Å². The first kappa shape index (κ1) is 11.6. The van der Waals surface area contributed by atoms with Crippen LogP contribution in [0.15, 0.2) is 12.4 Å². The van der Waals surface area contributed by atoms with Gasteiger partial charge in [0.1, 0.15) is 5.82 Å². The Labute approximate surface area is 94.7 Å². The number of sulfone groups is 1. The first-order valence-electron chi connectivity index (χ1n) is 5.17. The van der Waals surface area contributed by atoms with Gasteiger partial charge in [0.15, 0.2) is 9.84 Å². The molecule has 2 atom stereocenters. The van der Waals surface area contributed by atoms with E-state index in [2.05, 4.69) is 10.4 Å². The minimum Gasteiger partial charge on any atom is -0.337 e. The Kier molecular flexibility index (Phi) is 3.00. The molecule has 2 unspecified atom stereocenters. The van der Waals surface area contributed by atoms with Gasteiger partial charge in [-0.1, -0.05) is 0 Å². The van der Waals surface area contributed by atoms with E-state index in [9.17, 15) is 8.42 Å². The highest BCUT2D eigenvalue weighted by Crippen LogP contribution is 2.29. The fourth-order valence-electron chi connectivity index (χ4n) is 2.18. The molecule has 2 heterocycles. The minimum absolute atomic E-state index is 0.0103. The first-order chi connectivity index (χ1) is 7.53. The van der Waals surface area contributed by atoms with Crippen LogP contribution in [-0.2, 0) is 16.9 Å².